The fourth-order valence-electron chi connectivity index (χ4n) is 3.52. The van der Waals surface area contributed by atoms with Crippen LogP contribution >= 0.6 is 11.3 Å². The van der Waals surface area contributed by atoms with E-state index in [0.717, 1.165) is 49.1 Å². The summed E-state index contributed by atoms with van der Waals surface area (Å²) >= 11 is 1.39. The minimum Gasteiger partial charge on any atom is -0.481 e. The van der Waals surface area contributed by atoms with Gasteiger partial charge in [0.25, 0.3) is 0 Å². The van der Waals surface area contributed by atoms with E-state index in [9.17, 15) is 13.2 Å². The maximum Gasteiger partial charge on any atom is 0.416 e. The maximum absolute atomic E-state index is 13.0. The third-order valence-electron chi connectivity index (χ3n) is 4.59. The summed E-state index contributed by atoms with van der Waals surface area (Å²) in [4.78, 5) is 5.33. The van der Waals surface area contributed by atoms with Gasteiger partial charge < -0.3 is 10.5 Å². The first-order valence-corrected chi connectivity index (χ1v) is 8.38. The molecule has 1 aromatic carbocycles. The van der Waals surface area contributed by atoms with Crippen LogP contribution in [-0.2, 0) is 11.8 Å². The van der Waals surface area contributed by atoms with E-state index in [4.69, 9.17) is 10.5 Å². The first kappa shape index (κ1) is 14.8. The van der Waals surface area contributed by atoms with E-state index in [2.05, 4.69) is 4.98 Å². The van der Waals surface area contributed by atoms with Crippen molar-refractivity contribution < 1.29 is 17.9 Å². The molecule has 1 saturated carbocycles. The van der Waals surface area contributed by atoms with Gasteiger partial charge in [-0.3, -0.25) is 0 Å². The van der Waals surface area contributed by atoms with Crippen LogP contribution in [0.5, 0.6) is 5.75 Å². The number of fused-ring (bicyclic) bond motifs is 4. The summed E-state index contributed by atoms with van der Waals surface area (Å²) in [5.41, 5.74) is 5.89. The molecule has 4 rings (SSSR count). The highest BCUT2D eigenvalue weighted by molar-refractivity contribution is 7.16. The van der Waals surface area contributed by atoms with Crippen molar-refractivity contribution in [2.24, 2.45) is 0 Å². The summed E-state index contributed by atoms with van der Waals surface area (Å²) in [6, 6.07) is 3.59. The number of nitrogen functional groups attached to an aromatic ring is 1. The zero-order valence-corrected chi connectivity index (χ0v) is 13.1. The number of thiazole rings is 1. The average molecular weight is 340 g/mol. The number of rotatable bonds is 0. The number of benzene rings is 1. The first-order chi connectivity index (χ1) is 10.9. The van der Waals surface area contributed by atoms with E-state index in [1.165, 1.54) is 17.4 Å². The van der Waals surface area contributed by atoms with Crippen molar-refractivity contribution in [1.29, 1.82) is 0 Å². The molecule has 0 amide bonds. The molecule has 0 saturated heterocycles. The molecule has 1 aromatic heterocycles. The molecule has 0 radical (unpaired) electrons. The smallest absolute Gasteiger partial charge is 0.416 e. The minimum absolute atomic E-state index is 0.263. The number of anilines is 1. The van der Waals surface area contributed by atoms with Crippen molar-refractivity contribution in [1.82, 2.24) is 4.98 Å². The Kier molecular flexibility index (Phi) is 3.13. The lowest BCUT2D eigenvalue weighted by Gasteiger charge is -2.40. The van der Waals surface area contributed by atoms with Gasteiger partial charge in [0.1, 0.15) is 11.4 Å². The molecule has 2 heterocycles. The molecule has 2 aliphatic rings. The van der Waals surface area contributed by atoms with Gasteiger partial charge in [-0.2, -0.15) is 13.2 Å². The molecule has 3 nitrogen and oxygen atoms in total. The highest BCUT2D eigenvalue weighted by Gasteiger charge is 2.45. The van der Waals surface area contributed by atoms with Crippen molar-refractivity contribution >= 4 is 16.5 Å². The van der Waals surface area contributed by atoms with Gasteiger partial charge in [0.15, 0.2) is 5.13 Å². The fraction of sp³-hybridized carbons (Fsp3) is 0.438. The number of halogens is 3. The molecular formula is C16H15F3N2OS. The Labute approximate surface area is 135 Å². The van der Waals surface area contributed by atoms with Crippen LogP contribution in [0, 0.1) is 0 Å². The van der Waals surface area contributed by atoms with Crippen molar-refractivity contribution in [2.45, 2.75) is 43.9 Å². The van der Waals surface area contributed by atoms with Gasteiger partial charge >= 0.3 is 6.18 Å². The second-order valence-corrected chi connectivity index (χ2v) is 7.13. The Balaban J connectivity index is 1.89. The monoisotopic (exact) mass is 340 g/mol. The normalized spacial score (nSPS) is 19.1. The van der Waals surface area contributed by atoms with Gasteiger partial charge in [0, 0.05) is 5.56 Å². The number of nitrogens with two attached hydrogens (primary N) is 1. The third-order valence-corrected chi connectivity index (χ3v) is 5.66. The molecule has 1 spiro atoms. The van der Waals surface area contributed by atoms with Gasteiger partial charge in [0.2, 0.25) is 0 Å². The zero-order chi connectivity index (χ0) is 16.2. The van der Waals surface area contributed by atoms with Crippen molar-refractivity contribution in [3.05, 3.63) is 28.6 Å². The molecule has 122 valence electrons. The van der Waals surface area contributed by atoms with Gasteiger partial charge in [-0.1, -0.05) is 17.8 Å². The van der Waals surface area contributed by atoms with E-state index in [-0.39, 0.29) is 5.75 Å². The Bertz CT molecular complexity index is 763. The number of alkyl halides is 3. The lowest BCUT2D eigenvalue weighted by Crippen LogP contribution is -2.37. The minimum atomic E-state index is -4.39. The van der Waals surface area contributed by atoms with Gasteiger partial charge in [-0.05, 0) is 43.9 Å². The second kappa shape index (κ2) is 4.87. The van der Waals surface area contributed by atoms with Crippen LogP contribution in [-0.4, -0.2) is 4.98 Å². The quantitative estimate of drug-likeness (QED) is 0.737. The zero-order valence-electron chi connectivity index (χ0n) is 12.2. The summed E-state index contributed by atoms with van der Waals surface area (Å²) in [5.74, 6) is 0.263. The fourth-order valence-corrected chi connectivity index (χ4v) is 4.55. The van der Waals surface area contributed by atoms with Crippen molar-refractivity contribution in [2.75, 3.05) is 5.73 Å². The molecule has 1 fully saturated rings. The van der Waals surface area contributed by atoms with E-state index in [1.54, 1.807) is 0 Å². The van der Waals surface area contributed by atoms with E-state index in [1.807, 2.05) is 0 Å². The van der Waals surface area contributed by atoms with E-state index >= 15 is 0 Å². The average Bonchev–Trinajstić information content (AvgIpc) is 2.90. The van der Waals surface area contributed by atoms with Crippen molar-refractivity contribution in [3.8, 4) is 17.0 Å². The van der Waals surface area contributed by atoms with Gasteiger partial charge in [0.05, 0.1) is 16.1 Å². The molecule has 1 aliphatic carbocycles. The Morgan fingerprint density at radius 2 is 1.91 bits per heavy atom. The molecule has 2 aromatic rings. The number of ether oxygens (including phenoxy) is 1. The molecular weight excluding hydrogens is 325 g/mol. The van der Waals surface area contributed by atoms with Crippen LogP contribution < -0.4 is 10.5 Å². The standard InChI is InChI=1S/C16H15F3N2OS/c17-16(18,19)9-4-5-10-11(8-9)22-15(6-2-1-3-7-15)13-12(10)21-14(20)23-13/h4-5,8H,1-3,6-7H2,(H2,20,21). The predicted octanol–water partition coefficient (Wildman–Crippen LogP) is 4.96. The molecule has 0 atom stereocenters. The van der Waals surface area contributed by atoms with E-state index < -0.39 is 17.3 Å². The second-order valence-electron chi connectivity index (χ2n) is 6.10. The number of aromatic nitrogens is 1. The van der Waals surface area contributed by atoms with Crippen LogP contribution in [0.15, 0.2) is 18.2 Å². The summed E-state index contributed by atoms with van der Waals surface area (Å²) in [7, 11) is 0. The highest BCUT2D eigenvalue weighted by atomic mass is 32.1. The number of hydrogen-bond donors (Lipinski definition) is 1. The predicted molar refractivity (Wildman–Crippen MR) is 82.4 cm³/mol. The Morgan fingerprint density at radius 3 is 2.61 bits per heavy atom. The van der Waals surface area contributed by atoms with Crippen LogP contribution in [0.4, 0.5) is 18.3 Å². The maximum atomic E-state index is 13.0. The van der Waals surface area contributed by atoms with Crippen molar-refractivity contribution in [3.63, 3.8) is 0 Å². The number of nitrogens with zero attached hydrogens (tertiary/aromatic N) is 1. The lowest BCUT2D eigenvalue weighted by atomic mass is 9.80. The van der Waals surface area contributed by atoms with Crippen LogP contribution in [0.3, 0.4) is 0 Å². The highest BCUT2D eigenvalue weighted by Crippen LogP contribution is 2.54. The van der Waals surface area contributed by atoms with Crippen LogP contribution in [0.25, 0.3) is 11.3 Å². The van der Waals surface area contributed by atoms with Gasteiger partial charge in [-0.15, -0.1) is 0 Å². The lowest BCUT2D eigenvalue weighted by molar-refractivity contribution is -0.137. The first-order valence-electron chi connectivity index (χ1n) is 7.56. The molecule has 7 heteroatoms. The summed E-state index contributed by atoms with van der Waals surface area (Å²) in [6.07, 6.45) is 0.287. The molecule has 1 aliphatic heterocycles. The Morgan fingerprint density at radius 1 is 1.17 bits per heavy atom. The third kappa shape index (κ3) is 2.29. The summed E-state index contributed by atoms with van der Waals surface area (Å²) in [6.45, 7) is 0. The summed E-state index contributed by atoms with van der Waals surface area (Å²) < 4.78 is 45.2. The molecule has 2 N–H and O–H groups in total. The molecule has 0 unspecified atom stereocenters. The Hall–Kier alpha value is -1.76. The molecule has 0 bridgehead atoms. The SMILES string of the molecule is Nc1nc2c(s1)C1(CCCCC1)Oc1cc(C(F)(F)F)ccc1-2. The van der Waals surface area contributed by atoms with Crippen LogP contribution in [0.1, 0.15) is 42.5 Å². The summed E-state index contributed by atoms with van der Waals surface area (Å²) in [5, 5.41) is 0.427. The van der Waals surface area contributed by atoms with Crippen LogP contribution in [0.2, 0.25) is 0 Å². The van der Waals surface area contributed by atoms with Gasteiger partial charge in [-0.25, -0.2) is 4.98 Å². The number of hydrogen-bond acceptors (Lipinski definition) is 4. The largest absolute Gasteiger partial charge is 0.481 e. The van der Waals surface area contributed by atoms with E-state index in [0.29, 0.717) is 16.4 Å². The molecule has 23 heavy (non-hydrogen) atoms. The topological polar surface area (TPSA) is 48.1 Å².